The van der Waals surface area contributed by atoms with Crippen molar-refractivity contribution in [1.29, 1.82) is 0 Å². The first kappa shape index (κ1) is 17.0. The van der Waals surface area contributed by atoms with Gasteiger partial charge in [-0.1, -0.05) is 0 Å². The Kier molecular flexibility index (Phi) is 6.16. The molecule has 0 radical (unpaired) electrons. The first-order chi connectivity index (χ1) is 9.82. The lowest BCUT2D eigenvalue weighted by atomic mass is 10.3. The molecule has 1 aromatic carbocycles. The number of carbonyl (C=O) groups is 2. The molecule has 116 valence electrons. The van der Waals surface area contributed by atoms with Crippen LogP contribution in [0.1, 0.15) is 12.8 Å². The molecule has 0 saturated heterocycles. The molecule has 0 aliphatic heterocycles. The fourth-order valence-electron chi connectivity index (χ4n) is 1.61. The van der Waals surface area contributed by atoms with E-state index in [2.05, 4.69) is 5.32 Å². The van der Waals surface area contributed by atoms with Gasteiger partial charge in [0.2, 0.25) is 11.8 Å². The van der Waals surface area contributed by atoms with Gasteiger partial charge in [0.05, 0.1) is 12.9 Å². The Balaban J connectivity index is 2.49. The molecule has 0 bridgehead atoms. The number of sulfone groups is 1. The number of amides is 2. The average molecular weight is 314 g/mol. The second kappa shape index (κ2) is 7.63. The summed E-state index contributed by atoms with van der Waals surface area (Å²) < 4.78 is 28.3. The van der Waals surface area contributed by atoms with Crippen molar-refractivity contribution in [2.24, 2.45) is 5.73 Å². The van der Waals surface area contributed by atoms with Crippen LogP contribution in [-0.2, 0) is 19.4 Å². The summed E-state index contributed by atoms with van der Waals surface area (Å²) in [4.78, 5) is 22.2. The predicted molar refractivity (Wildman–Crippen MR) is 78.7 cm³/mol. The normalized spacial score (nSPS) is 10.9. The Labute approximate surface area is 123 Å². The molecule has 21 heavy (non-hydrogen) atoms. The zero-order valence-corrected chi connectivity index (χ0v) is 12.5. The van der Waals surface area contributed by atoms with Gasteiger partial charge in [0.25, 0.3) is 0 Å². The Hall–Kier alpha value is -2.09. The molecule has 0 unspecified atom stereocenters. The lowest BCUT2D eigenvalue weighted by molar-refractivity contribution is -0.118. The van der Waals surface area contributed by atoms with Gasteiger partial charge in [-0.25, -0.2) is 8.42 Å². The SMILES string of the molecule is COc1ccc(NC(=O)CS(=O)(=O)CCCC(N)=O)cc1. The van der Waals surface area contributed by atoms with Gasteiger partial charge in [-0.3, -0.25) is 9.59 Å². The molecular formula is C13H18N2O5S. The number of rotatable bonds is 8. The molecule has 3 N–H and O–H groups in total. The molecule has 0 aliphatic carbocycles. The molecule has 0 aromatic heterocycles. The molecule has 2 amide bonds. The lowest BCUT2D eigenvalue weighted by Gasteiger charge is -2.07. The topological polar surface area (TPSA) is 116 Å². The van der Waals surface area contributed by atoms with Crippen molar-refractivity contribution in [3.05, 3.63) is 24.3 Å². The highest BCUT2D eigenvalue weighted by atomic mass is 32.2. The number of nitrogens with two attached hydrogens (primary N) is 1. The third-order valence-electron chi connectivity index (χ3n) is 2.60. The number of benzene rings is 1. The van der Waals surface area contributed by atoms with Crippen LogP contribution in [0.2, 0.25) is 0 Å². The number of carbonyl (C=O) groups excluding carboxylic acids is 2. The van der Waals surface area contributed by atoms with E-state index in [0.29, 0.717) is 11.4 Å². The zero-order valence-electron chi connectivity index (χ0n) is 11.7. The maximum absolute atomic E-state index is 11.7. The highest BCUT2D eigenvalue weighted by Gasteiger charge is 2.17. The van der Waals surface area contributed by atoms with E-state index in [4.69, 9.17) is 10.5 Å². The molecular weight excluding hydrogens is 296 g/mol. The van der Waals surface area contributed by atoms with Crippen molar-refractivity contribution in [3.63, 3.8) is 0 Å². The van der Waals surface area contributed by atoms with E-state index in [1.54, 1.807) is 24.3 Å². The molecule has 7 nitrogen and oxygen atoms in total. The quantitative estimate of drug-likeness (QED) is 0.716. The summed E-state index contributed by atoms with van der Waals surface area (Å²) in [6, 6.07) is 6.51. The Morgan fingerprint density at radius 1 is 1.24 bits per heavy atom. The highest BCUT2D eigenvalue weighted by Crippen LogP contribution is 2.15. The van der Waals surface area contributed by atoms with E-state index in [9.17, 15) is 18.0 Å². The minimum absolute atomic E-state index is 0.0146. The molecule has 1 rings (SSSR count). The molecule has 8 heteroatoms. The summed E-state index contributed by atoms with van der Waals surface area (Å²) in [7, 11) is -2.03. The standard InChI is InChI=1S/C13H18N2O5S/c1-20-11-6-4-10(5-7-11)15-13(17)9-21(18,19)8-2-3-12(14)16/h4-7H,2-3,8-9H2,1H3,(H2,14,16)(H,15,17). The van der Waals surface area contributed by atoms with Gasteiger partial charge in [0.15, 0.2) is 9.84 Å². The largest absolute Gasteiger partial charge is 0.497 e. The molecule has 1 aromatic rings. The summed E-state index contributed by atoms with van der Waals surface area (Å²) in [6.07, 6.45) is 0.104. The first-order valence-electron chi connectivity index (χ1n) is 6.25. The summed E-state index contributed by atoms with van der Waals surface area (Å²) >= 11 is 0. The molecule has 0 spiro atoms. The molecule has 0 atom stereocenters. The summed E-state index contributed by atoms with van der Waals surface area (Å²) in [5, 5.41) is 2.48. The smallest absolute Gasteiger partial charge is 0.239 e. The number of methoxy groups -OCH3 is 1. The predicted octanol–water partition coefficient (Wildman–Crippen LogP) is 0.314. The molecule has 0 fully saturated rings. The number of hydrogen-bond donors (Lipinski definition) is 2. The molecule has 0 heterocycles. The van der Waals surface area contributed by atoms with Gasteiger partial charge >= 0.3 is 0 Å². The number of nitrogens with one attached hydrogen (secondary N) is 1. The summed E-state index contributed by atoms with van der Waals surface area (Å²) in [6.45, 7) is 0. The zero-order chi connectivity index (χ0) is 15.9. The van der Waals surface area contributed by atoms with Crippen LogP contribution in [0.25, 0.3) is 0 Å². The van der Waals surface area contributed by atoms with Gasteiger partial charge in [-0.05, 0) is 30.7 Å². The second-order valence-electron chi connectivity index (χ2n) is 4.44. The van der Waals surface area contributed by atoms with Crippen molar-refractivity contribution in [2.45, 2.75) is 12.8 Å². The Bertz CT molecular complexity index is 595. The van der Waals surface area contributed by atoms with E-state index >= 15 is 0 Å². The van der Waals surface area contributed by atoms with E-state index in [0.717, 1.165) is 0 Å². The second-order valence-corrected chi connectivity index (χ2v) is 6.62. The van der Waals surface area contributed by atoms with Crippen molar-refractivity contribution in [1.82, 2.24) is 0 Å². The van der Waals surface area contributed by atoms with Crippen LogP contribution in [0.3, 0.4) is 0 Å². The van der Waals surface area contributed by atoms with Crippen LogP contribution in [0.5, 0.6) is 5.75 Å². The minimum Gasteiger partial charge on any atom is -0.497 e. The van der Waals surface area contributed by atoms with Crippen LogP contribution in [0.15, 0.2) is 24.3 Å². The summed E-state index contributed by atoms with van der Waals surface area (Å²) in [5.41, 5.74) is 5.41. The van der Waals surface area contributed by atoms with Crippen molar-refractivity contribution < 1.29 is 22.7 Å². The van der Waals surface area contributed by atoms with Crippen LogP contribution in [0, 0.1) is 0 Å². The van der Waals surface area contributed by atoms with Gasteiger partial charge < -0.3 is 15.8 Å². The first-order valence-corrected chi connectivity index (χ1v) is 8.07. The number of ether oxygens (including phenoxy) is 1. The van der Waals surface area contributed by atoms with Crippen LogP contribution >= 0.6 is 0 Å². The van der Waals surface area contributed by atoms with E-state index in [1.165, 1.54) is 7.11 Å². The summed E-state index contributed by atoms with van der Waals surface area (Å²) in [5.74, 6) is -1.43. The van der Waals surface area contributed by atoms with E-state index < -0.39 is 27.4 Å². The molecule has 0 aliphatic rings. The maximum atomic E-state index is 11.7. The van der Waals surface area contributed by atoms with Crippen molar-refractivity contribution >= 4 is 27.3 Å². The highest BCUT2D eigenvalue weighted by molar-refractivity contribution is 7.92. The van der Waals surface area contributed by atoms with Gasteiger partial charge in [-0.2, -0.15) is 0 Å². The lowest BCUT2D eigenvalue weighted by Crippen LogP contribution is -2.25. The minimum atomic E-state index is -3.55. The van der Waals surface area contributed by atoms with Gasteiger partial charge in [-0.15, -0.1) is 0 Å². The van der Waals surface area contributed by atoms with Crippen molar-refractivity contribution in [3.8, 4) is 5.75 Å². The van der Waals surface area contributed by atoms with Gasteiger partial charge in [0, 0.05) is 12.1 Å². The van der Waals surface area contributed by atoms with E-state index in [1.807, 2.05) is 0 Å². The monoisotopic (exact) mass is 314 g/mol. The number of anilines is 1. The van der Waals surface area contributed by atoms with E-state index in [-0.39, 0.29) is 18.6 Å². The third kappa shape index (κ3) is 6.75. The fraction of sp³-hybridized carbons (Fsp3) is 0.385. The number of primary amides is 1. The average Bonchev–Trinajstić information content (AvgIpc) is 2.38. The fourth-order valence-corrected chi connectivity index (χ4v) is 2.81. The Morgan fingerprint density at radius 3 is 2.38 bits per heavy atom. The Morgan fingerprint density at radius 2 is 1.86 bits per heavy atom. The van der Waals surface area contributed by atoms with Crippen LogP contribution in [0.4, 0.5) is 5.69 Å². The van der Waals surface area contributed by atoms with Crippen molar-refractivity contribution in [2.75, 3.05) is 23.9 Å². The molecule has 0 saturated carbocycles. The number of hydrogen-bond acceptors (Lipinski definition) is 5. The van der Waals surface area contributed by atoms with Crippen LogP contribution < -0.4 is 15.8 Å². The van der Waals surface area contributed by atoms with Gasteiger partial charge in [0.1, 0.15) is 11.5 Å². The maximum Gasteiger partial charge on any atom is 0.239 e. The van der Waals surface area contributed by atoms with Crippen LogP contribution in [-0.4, -0.2) is 38.8 Å². The third-order valence-corrected chi connectivity index (χ3v) is 4.22.